The lowest BCUT2D eigenvalue weighted by molar-refractivity contribution is 0.0600. The van der Waals surface area contributed by atoms with Crippen LogP contribution in [0.3, 0.4) is 0 Å². The molecule has 0 spiro atoms. The molecule has 0 bridgehead atoms. The standard InChI is InChI=1S/C25H27NO4/c1-17-21(16-23(29-17)22-10-6-7-15-26-22)24(18-8-4-3-5-9-18)30-20-13-11-19(12-14-20)25(27)28-2/h6-7,10-16,18,24H,3-5,8-9H2,1-2H3. The molecule has 4 rings (SSSR count). The van der Waals surface area contributed by atoms with Crippen LogP contribution in [0, 0.1) is 12.8 Å². The van der Waals surface area contributed by atoms with Crippen molar-refractivity contribution in [2.45, 2.75) is 45.1 Å². The fraction of sp³-hybridized carbons (Fsp3) is 0.360. The predicted molar refractivity (Wildman–Crippen MR) is 114 cm³/mol. The van der Waals surface area contributed by atoms with E-state index in [1.807, 2.05) is 37.3 Å². The fourth-order valence-corrected chi connectivity index (χ4v) is 4.20. The number of pyridine rings is 1. The molecule has 30 heavy (non-hydrogen) atoms. The van der Waals surface area contributed by atoms with Gasteiger partial charge in [-0.15, -0.1) is 0 Å². The van der Waals surface area contributed by atoms with Gasteiger partial charge < -0.3 is 13.9 Å². The Morgan fingerprint density at radius 1 is 1.10 bits per heavy atom. The molecule has 0 N–H and O–H groups in total. The lowest BCUT2D eigenvalue weighted by atomic mass is 9.82. The van der Waals surface area contributed by atoms with E-state index in [9.17, 15) is 4.79 Å². The van der Waals surface area contributed by atoms with E-state index in [-0.39, 0.29) is 12.1 Å². The smallest absolute Gasteiger partial charge is 0.337 e. The average Bonchev–Trinajstić information content (AvgIpc) is 3.20. The van der Waals surface area contributed by atoms with Crippen molar-refractivity contribution in [3.8, 4) is 17.2 Å². The van der Waals surface area contributed by atoms with Crippen molar-refractivity contribution in [3.05, 3.63) is 71.6 Å². The molecule has 0 radical (unpaired) electrons. The van der Waals surface area contributed by atoms with E-state index in [1.165, 1.54) is 26.4 Å². The first kappa shape index (κ1) is 20.2. The SMILES string of the molecule is COC(=O)c1ccc(OC(c2cc(-c3ccccn3)oc2C)C2CCCCC2)cc1. The van der Waals surface area contributed by atoms with Crippen molar-refractivity contribution < 1.29 is 18.7 Å². The molecule has 1 aliphatic carbocycles. The molecule has 2 aromatic heterocycles. The molecule has 5 nitrogen and oxygen atoms in total. The van der Waals surface area contributed by atoms with Crippen LogP contribution in [0.1, 0.15) is 59.9 Å². The summed E-state index contributed by atoms with van der Waals surface area (Å²) >= 11 is 0. The van der Waals surface area contributed by atoms with Crippen molar-refractivity contribution in [2.75, 3.05) is 7.11 Å². The van der Waals surface area contributed by atoms with Gasteiger partial charge in [0.25, 0.3) is 0 Å². The van der Waals surface area contributed by atoms with Gasteiger partial charge in [-0.25, -0.2) is 4.79 Å². The minimum Gasteiger partial charge on any atom is -0.485 e. The second-order valence-corrected chi connectivity index (χ2v) is 7.79. The number of rotatable bonds is 6. The molecule has 2 heterocycles. The Balaban J connectivity index is 1.64. The van der Waals surface area contributed by atoms with Gasteiger partial charge in [-0.05, 0) is 62.2 Å². The lowest BCUT2D eigenvalue weighted by Gasteiger charge is -2.30. The monoisotopic (exact) mass is 405 g/mol. The third kappa shape index (κ3) is 4.40. The van der Waals surface area contributed by atoms with Gasteiger partial charge in [-0.3, -0.25) is 4.98 Å². The van der Waals surface area contributed by atoms with Gasteiger partial charge in [0, 0.05) is 17.7 Å². The minimum absolute atomic E-state index is 0.101. The average molecular weight is 405 g/mol. The molecule has 0 amide bonds. The Morgan fingerprint density at radius 3 is 2.53 bits per heavy atom. The number of hydrogen-bond acceptors (Lipinski definition) is 5. The van der Waals surface area contributed by atoms with Crippen molar-refractivity contribution in [3.63, 3.8) is 0 Å². The van der Waals surface area contributed by atoms with Crippen LogP contribution < -0.4 is 4.74 Å². The van der Waals surface area contributed by atoms with Crippen LogP contribution in [0.2, 0.25) is 0 Å². The molecule has 1 atom stereocenters. The highest BCUT2D eigenvalue weighted by Gasteiger charge is 2.30. The number of methoxy groups -OCH3 is 1. The maximum atomic E-state index is 11.7. The second kappa shape index (κ2) is 9.16. The highest BCUT2D eigenvalue weighted by molar-refractivity contribution is 5.89. The number of aromatic nitrogens is 1. The number of carbonyl (C=O) groups is 1. The molecular formula is C25H27NO4. The minimum atomic E-state index is -0.351. The van der Waals surface area contributed by atoms with Crippen LogP contribution in [0.25, 0.3) is 11.5 Å². The van der Waals surface area contributed by atoms with Crippen LogP contribution in [-0.2, 0) is 4.74 Å². The Morgan fingerprint density at radius 2 is 1.87 bits per heavy atom. The Kier molecular flexibility index (Phi) is 6.17. The van der Waals surface area contributed by atoms with E-state index in [1.54, 1.807) is 18.3 Å². The summed E-state index contributed by atoms with van der Waals surface area (Å²) in [6.07, 6.45) is 7.65. The molecular weight excluding hydrogens is 378 g/mol. The number of ether oxygens (including phenoxy) is 2. The maximum Gasteiger partial charge on any atom is 0.337 e. The first-order valence-electron chi connectivity index (χ1n) is 10.5. The van der Waals surface area contributed by atoms with Gasteiger partial charge in [-0.2, -0.15) is 0 Å². The predicted octanol–water partition coefficient (Wildman–Crippen LogP) is 6.14. The zero-order chi connectivity index (χ0) is 20.9. The van der Waals surface area contributed by atoms with E-state index < -0.39 is 0 Å². The third-order valence-electron chi connectivity index (χ3n) is 5.80. The van der Waals surface area contributed by atoms with Crippen molar-refractivity contribution in [1.29, 1.82) is 0 Å². The zero-order valence-corrected chi connectivity index (χ0v) is 17.5. The van der Waals surface area contributed by atoms with Gasteiger partial charge >= 0.3 is 5.97 Å². The summed E-state index contributed by atoms with van der Waals surface area (Å²) in [5.74, 6) is 2.42. The molecule has 1 aliphatic rings. The van der Waals surface area contributed by atoms with E-state index in [2.05, 4.69) is 11.1 Å². The quantitative estimate of drug-likeness (QED) is 0.461. The van der Waals surface area contributed by atoms with Crippen molar-refractivity contribution in [1.82, 2.24) is 4.98 Å². The Bertz CT molecular complexity index is 972. The van der Waals surface area contributed by atoms with Gasteiger partial charge in [0.15, 0.2) is 5.76 Å². The topological polar surface area (TPSA) is 61.6 Å². The van der Waals surface area contributed by atoms with Gasteiger partial charge in [0.05, 0.1) is 12.7 Å². The summed E-state index contributed by atoms with van der Waals surface area (Å²) in [6, 6.07) is 15.0. The molecule has 0 saturated heterocycles. The molecule has 156 valence electrons. The first-order valence-corrected chi connectivity index (χ1v) is 10.5. The Labute approximate surface area is 177 Å². The molecule has 1 unspecified atom stereocenters. The highest BCUT2D eigenvalue weighted by Crippen LogP contribution is 2.40. The van der Waals surface area contributed by atoms with Crippen molar-refractivity contribution in [2.24, 2.45) is 5.92 Å². The number of furan rings is 1. The highest BCUT2D eigenvalue weighted by atomic mass is 16.5. The molecule has 5 heteroatoms. The third-order valence-corrected chi connectivity index (χ3v) is 5.80. The molecule has 3 aromatic rings. The second-order valence-electron chi connectivity index (χ2n) is 7.79. The van der Waals surface area contributed by atoms with E-state index >= 15 is 0 Å². The van der Waals surface area contributed by atoms with E-state index in [4.69, 9.17) is 13.9 Å². The summed E-state index contributed by atoms with van der Waals surface area (Å²) in [6.45, 7) is 1.99. The van der Waals surface area contributed by atoms with Gasteiger partial charge in [0.2, 0.25) is 0 Å². The van der Waals surface area contributed by atoms with Crippen LogP contribution >= 0.6 is 0 Å². The van der Waals surface area contributed by atoms with Crippen LogP contribution in [0.4, 0.5) is 0 Å². The summed E-state index contributed by atoms with van der Waals surface area (Å²) in [5, 5.41) is 0. The molecule has 0 aliphatic heterocycles. The largest absolute Gasteiger partial charge is 0.485 e. The maximum absolute atomic E-state index is 11.7. The first-order chi connectivity index (χ1) is 14.7. The van der Waals surface area contributed by atoms with Crippen LogP contribution in [-0.4, -0.2) is 18.1 Å². The number of esters is 1. The molecule has 1 fully saturated rings. The normalized spacial score (nSPS) is 15.5. The molecule has 1 saturated carbocycles. The number of carbonyl (C=O) groups excluding carboxylic acids is 1. The number of hydrogen-bond donors (Lipinski definition) is 0. The number of nitrogens with zero attached hydrogens (tertiary/aromatic N) is 1. The van der Waals surface area contributed by atoms with Gasteiger partial charge in [-0.1, -0.05) is 25.3 Å². The number of aryl methyl sites for hydroxylation is 1. The molecule has 1 aromatic carbocycles. The summed E-state index contributed by atoms with van der Waals surface area (Å²) in [5.41, 5.74) is 2.40. The van der Waals surface area contributed by atoms with E-state index in [0.717, 1.165) is 41.4 Å². The van der Waals surface area contributed by atoms with Crippen LogP contribution in [0.5, 0.6) is 5.75 Å². The Hall–Kier alpha value is -3.08. The van der Waals surface area contributed by atoms with E-state index in [0.29, 0.717) is 11.5 Å². The van der Waals surface area contributed by atoms with Gasteiger partial charge in [0.1, 0.15) is 23.3 Å². The fourth-order valence-electron chi connectivity index (χ4n) is 4.20. The van der Waals surface area contributed by atoms with Crippen LogP contribution in [0.15, 0.2) is 59.1 Å². The lowest BCUT2D eigenvalue weighted by Crippen LogP contribution is -2.21. The summed E-state index contributed by atoms with van der Waals surface area (Å²) in [4.78, 5) is 16.1. The van der Waals surface area contributed by atoms with Crippen molar-refractivity contribution >= 4 is 5.97 Å². The zero-order valence-electron chi connectivity index (χ0n) is 17.5. The summed E-state index contributed by atoms with van der Waals surface area (Å²) in [7, 11) is 1.38. The summed E-state index contributed by atoms with van der Waals surface area (Å²) < 4.78 is 17.4. The number of benzene rings is 1.